The van der Waals surface area contributed by atoms with Gasteiger partial charge in [0.2, 0.25) is 0 Å². The van der Waals surface area contributed by atoms with Crippen LogP contribution in [0.3, 0.4) is 0 Å². The van der Waals surface area contributed by atoms with Crippen LogP contribution >= 0.6 is 15.9 Å². The zero-order chi connectivity index (χ0) is 10.0. The fraction of sp³-hybridized carbons (Fsp3) is 0.222. The third-order valence-electron chi connectivity index (χ3n) is 1.74. The Morgan fingerprint density at radius 2 is 2.15 bits per heavy atom. The highest BCUT2D eigenvalue weighted by Gasteiger charge is 2.11. The van der Waals surface area contributed by atoms with E-state index in [0.29, 0.717) is 10.0 Å². The van der Waals surface area contributed by atoms with Crippen molar-refractivity contribution in [3.8, 4) is 5.75 Å². The number of halogens is 1. The maximum Gasteiger partial charge on any atom is 0.308 e. The average molecular weight is 245 g/mol. The van der Waals surface area contributed by atoms with Crippen molar-refractivity contribution in [3.63, 3.8) is 0 Å². The molecule has 0 fully saturated rings. The Kier molecular flexibility index (Phi) is 2.93. The number of hydrogen-bond acceptors (Lipinski definition) is 2. The molecule has 0 bridgehead atoms. The van der Waals surface area contributed by atoms with Gasteiger partial charge in [-0.15, -0.1) is 0 Å². The van der Waals surface area contributed by atoms with Crippen molar-refractivity contribution in [1.29, 1.82) is 0 Å². The summed E-state index contributed by atoms with van der Waals surface area (Å²) in [4.78, 5) is 10.5. The van der Waals surface area contributed by atoms with E-state index < -0.39 is 5.97 Å². The zero-order valence-electron chi connectivity index (χ0n) is 7.04. The van der Waals surface area contributed by atoms with E-state index in [9.17, 15) is 9.90 Å². The molecule has 0 spiro atoms. The Morgan fingerprint density at radius 1 is 1.54 bits per heavy atom. The Balaban J connectivity index is 3.17. The number of hydrogen-bond donors (Lipinski definition) is 2. The average Bonchev–Trinajstić information content (AvgIpc) is 2.05. The van der Waals surface area contributed by atoms with Gasteiger partial charge in [-0.05, 0) is 18.6 Å². The molecule has 4 heteroatoms. The van der Waals surface area contributed by atoms with Crippen molar-refractivity contribution >= 4 is 21.9 Å². The van der Waals surface area contributed by atoms with Crippen molar-refractivity contribution in [2.45, 2.75) is 13.3 Å². The van der Waals surface area contributed by atoms with Gasteiger partial charge in [-0.3, -0.25) is 4.79 Å². The first-order valence-corrected chi connectivity index (χ1v) is 4.50. The van der Waals surface area contributed by atoms with Crippen LogP contribution in [0.2, 0.25) is 0 Å². The molecule has 1 aromatic rings. The molecule has 1 aromatic carbocycles. The van der Waals surface area contributed by atoms with Gasteiger partial charge in [0.15, 0.2) is 0 Å². The molecule has 70 valence electrons. The van der Waals surface area contributed by atoms with Gasteiger partial charge in [0, 0.05) is 10.0 Å². The SMILES string of the molecule is Cc1ccc(O)c(CC(=O)O)c1Br. The first-order valence-electron chi connectivity index (χ1n) is 3.71. The molecule has 13 heavy (non-hydrogen) atoms. The second-order valence-electron chi connectivity index (χ2n) is 2.76. The van der Waals surface area contributed by atoms with Gasteiger partial charge in [-0.25, -0.2) is 0 Å². The second-order valence-corrected chi connectivity index (χ2v) is 3.56. The number of aliphatic carboxylic acids is 1. The number of carboxylic acid groups (broad SMARTS) is 1. The molecule has 0 atom stereocenters. The molecule has 3 nitrogen and oxygen atoms in total. The molecular weight excluding hydrogens is 236 g/mol. The molecule has 0 heterocycles. The molecule has 0 radical (unpaired) electrons. The van der Waals surface area contributed by atoms with E-state index in [1.54, 1.807) is 6.07 Å². The Labute approximate surface area is 84.1 Å². The van der Waals surface area contributed by atoms with Gasteiger partial charge in [-0.1, -0.05) is 22.0 Å². The zero-order valence-corrected chi connectivity index (χ0v) is 8.63. The highest BCUT2D eigenvalue weighted by Crippen LogP contribution is 2.29. The van der Waals surface area contributed by atoms with E-state index in [0.717, 1.165) is 5.56 Å². The molecule has 0 amide bonds. The van der Waals surface area contributed by atoms with Crippen molar-refractivity contribution in [2.24, 2.45) is 0 Å². The summed E-state index contributed by atoms with van der Waals surface area (Å²) >= 11 is 3.24. The number of carboxylic acids is 1. The Bertz CT molecular complexity index is 347. The van der Waals surface area contributed by atoms with Crippen molar-refractivity contribution in [2.75, 3.05) is 0 Å². The summed E-state index contributed by atoms with van der Waals surface area (Å²) in [5.74, 6) is -0.943. The van der Waals surface area contributed by atoms with Crippen molar-refractivity contribution in [3.05, 3.63) is 27.7 Å². The maximum absolute atomic E-state index is 10.5. The van der Waals surface area contributed by atoms with Crippen LogP contribution in [0.15, 0.2) is 16.6 Å². The van der Waals surface area contributed by atoms with Crippen LogP contribution in [0, 0.1) is 6.92 Å². The number of carbonyl (C=O) groups is 1. The highest BCUT2D eigenvalue weighted by atomic mass is 79.9. The lowest BCUT2D eigenvalue weighted by molar-refractivity contribution is -0.136. The van der Waals surface area contributed by atoms with Gasteiger partial charge in [-0.2, -0.15) is 0 Å². The van der Waals surface area contributed by atoms with E-state index in [-0.39, 0.29) is 12.2 Å². The highest BCUT2D eigenvalue weighted by molar-refractivity contribution is 9.10. The standard InChI is InChI=1S/C9H9BrO3/c1-5-2-3-7(11)6(9(5)10)4-8(12)13/h2-3,11H,4H2,1H3,(H,12,13). The third-order valence-corrected chi connectivity index (χ3v) is 2.84. The van der Waals surface area contributed by atoms with Gasteiger partial charge in [0.25, 0.3) is 0 Å². The molecule has 0 aromatic heterocycles. The fourth-order valence-electron chi connectivity index (χ4n) is 1.05. The molecule has 2 N–H and O–H groups in total. The molecule has 0 aliphatic carbocycles. The van der Waals surface area contributed by atoms with Crippen LogP contribution in [0.25, 0.3) is 0 Å². The van der Waals surface area contributed by atoms with Gasteiger partial charge in [0.1, 0.15) is 5.75 Å². The summed E-state index contributed by atoms with van der Waals surface area (Å²) in [6.07, 6.45) is -0.173. The maximum atomic E-state index is 10.5. The van der Waals surface area contributed by atoms with Gasteiger partial charge < -0.3 is 10.2 Å². The van der Waals surface area contributed by atoms with Crippen LogP contribution in [-0.4, -0.2) is 16.2 Å². The predicted molar refractivity (Wildman–Crippen MR) is 51.9 cm³/mol. The minimum atomic E-state index is -0.957. The lowest BCUT2D eigenvalue weighted by atomic mass is 10.1. The lowest BCUT2D eigenvalue weighted by Crippen LogP contribution is -2.01. The summed E-state index contributed by atoms with van der Waals surface area (Å²) in [5.41, 5.74) is 1.33. The van der Waals surface area contributed by atoms with E-state index in [1.165, 1.54) is 6.07 Å². The van der Waals surface area contributed by atoms with Gasteiger partial charge >= 0.3 is 5.97 Å². The van der Waals surface area contributed by atoms with Crippen LogP contribution in [0.4, 0.5) is 0 Å². The number of rotatable bonds is 2. The molecular formula is C9H9BrO3. The molecule has 0 saturated carbocycles. The molecule has 0 unspecified atom stereocenters. The number of aryl methyl sites for hydroxylation is 1. The smallest absolute Gasteiger partial charge is 0.308 e. The number of phenolic OH excluding ortho intramolecular Hbond substituents is 1. The summed E-state index contributed by atoms with van der Waals surface area (Å²) in [6, 6.07) is 3.23. The monoisotopic (exact) mass is 244 g/mol. The minimum absolute atomic E-state index is 0.0138. The first kappa shape index (κ1) is 10.1. The van der Waals surface area contributed by atoms with Crippen LogP contribution in [0.1, 0.15) is 11.1 Å². The van der Waals surface area contributed by atoms with E-state index in [4.69, 9.17) is 5.11 Å². The van der Waals surface area contributed by atoms with Crippen molar-refractivity contribution < 1.29 is 15.0 Å². The largest absolute Gasteiger partial charge is 0.508 e. The minimum Gasteiger partial charge on any atom is -0.508 e. The van der Waals surface area contributed by atoms with Crippen LogP contribution in [0.5, 0.6) is 5.75 Å². The van der Waals surface area contributed by atoms with Crippen LogP contribution in [-0.2, 0) is 11.2 Å². The Hall–Kier alpha value is -1.03. The molecule has 0 aliphatic rings. The number of phenols is 1. The topological polar surface area (TPSA) is 57.5 Å². The summed E-state index contributed by atoms with van der Waals surface area (Å²) in [7, 11) is 0. The molecule has 0 saturated heterocycles. The van der Waals surface area contributed by atoms with E-state index in [1.807, 2.05) is 6.92 Å². The van der Waals surface area contributed by atoms with Crippen molar-refractivity contribution in [1.82, 2.24) is 0 Å². The number of benzene rings is 1. The number of aromatic hydroxyl groups is 1. The van der Waals surface area contributed by atoms with E-state index >= 15 is 0 Å². The molecule has 1 rings (SSSR count). The van der Waals surface area contributed by atoms with E-state index in [2.05, 4.69) is 15.9 Å². The first-order chi connectivity index (χ1) is 6.02. The third kappa shape index (κ3) is 2.21. The van der Waals surface area contributed by atoms with Gasteiger partial charge in [0.05, 0.1) is 6.42 Å². The predicted octanol–water partition coefficient (Wildman–Crippen LogP) is 2.09. The summed E-state index contributed by atoms with van der Waals surface area (Å²) < 4.78 is 0.662. The van der Waals surface area contributed by atoms with Crippen LogP contribution < -0.4 is 0 Å². The summed E-state index contributed by atoms with van der Waals surface area (Å²) in [5, 5.41) is 17.9. The second kappa shape index (κ2) is 3.79. The Morgan fingerprint density at radius 3 is 2.69 bits per heavy atom. The normalized spacial score (nSPS) is 10.0. The quantitative estimate of drug-likeness (QED) is 0.838. The fourth-order valence-corrected chi connectivity index (χ4v) is 1.52. The lowest BCUT2D eigenvalue weighted by Gasteiger charge is -2.06. The molecule has 0 aliphatic heterocycles. The summed E-state index contributed by atoms with van der Waals surface area (Å²) in [6.45, 7) is 1.84.